The summed E-state index contributed by atoms with van der Waals surface area (Å²) >= 11 is 9.42. The minimum absolute atomic E-state index is 0.220. The molecule has 0 aliphatic heterocycles. The van der Waals surface area contributed by atoms with E-state index in [4.69, 9.17) is 21.1 Å². The lowest BCUT2D eigenvalue weighted by atomic mass is 10.2. The summed E-state index contributed by atoms with van der Waals surface area (Å²) < 4.78 is 11.7. The highest BCUT2D eigenvalue weighted by Gasteiger charge is 2.14. The van der Waals surface area contributed by atoms with Crippen LogP contribution in [-0.2, 0) is 4.79 Å². The Hall–Kier alpha value is -3.69. The van der Waals surface area contributed by atoms with Gasteiger partial charge in [0.25, 0.3) is 11.8 Å². The van der Waals surface area contributed by atoms with Gasteiger partial charge in [-0.2, -0.15) is 5.10 Å². The van der Waals surface area contributed by atoms with E-state index in [-0.39, 0.29) is 22.9 Å². The van der Waals surface area contributed by atoms with Gasteiger partial charge in [0, 0.05) is 15.6 Å². The number of amides is 2. The van der Waals surface area contributed by atoms with Crippen molar-refractivity contribution in [1.82, 2.24) is 10.7 Å². The Balaban J connectivity index is 1.55. The molecule has 3 rings (SSSR count). The van der Waals surface area contributed by atoms with Crippen LogP contribution in [-0.4, -0.2) is 37.1 Å². The molecule has 3 aromatic rings. The van der Waals surface area contributed by atoms with Crippen LogP contribution < -0.4 is 20.2 Å². The van der Waals surface area contributed by atoms with Gasteiger partial charge in [0.15, 0.2) is 0 Å². The second-order valence-corrected chi connectivity index (χ2v) is 8.72. The van der Waals surface area contributed by atoms with Crippen LogP contribution in [0.1, 0.15) is 39.6 Å². The smallest absolute Gasteiger partial charge is 0.345 e. The van der Waals surface area contributed by atoms with Gasteiger partial charge >= 0.3 is 5.97 Å². The molecule has 0 unspecified atom stereocenters. The molecular weight excluding hydrogens is 550 g/mol. The van der Waals surface area contributed by atoms with Crippen LogP contribution in [0.5, 0.6) is 11.5 Å². The maximum atomic E-state index is 12.5. The Morgan fingerprint density at radius 1 is 1.06 bits per heavy atom. The van der Waals surface area contributed by atoms with E-state index < -0.39 is 17.8 Å². The molecule has 0 aliphatic rings. The molecule has 0 spiro atoms. The number of hydrogen-bond acceptors (Lipinski definition) is 6. The molecule has 186 valence electrons. The molecule has 10 heteroatoms. The van der Waals surface area contributed by atoms with Crippen LogP contribution in [0.15, 0.2) is 76.3 Å². The highest BCUT2D eigenvalue weighted by atomic mass is 79.9. The summed E-state index contributed by atoms with van der Waals surface area (Å²) in [4.78, 5) is 36.9. The highest BCUT2D eigenvalue weighted by molar-refractivity contribution is 9.10. The van der Waals surface area contributed by atoms with Crippen molar-refractivity contribution in [1.29, 1.82) is 0 Å². The zero-order valence-corrected chi connectivity index (χ0v) is 21.6. The van der Waals surface area contributed by atoms with Crippen LogP contribution in [0.4, 0.5) is 0 Å². The van der Waals surface area contributed by atoms with Crippen LogP contribution >= 0.6 is 27.5 Å². The summed E-state index contributed by atoms with van der Waals surface area (Å²) in [7, 11) is 0. The summed E-state index contributed by atoms with van der Waals surface area (Å²) in [5.41, 5.74) is 3.38. The van der Waals surface area contributed by atoms with Crippen molar-refractivity contribution < 1.29 is 23.9 Å². The maximum Gasteiger partial charge on any atom is 0.345 e. The van der Waals surface area contributed by atoms with Crippen LogP contribution in [0.2, 0.25) is 5.02 Å². The zero-order chi connectivity index (χ0) is 25.9. The van der Waals surface area contributed by atoms with Crippen LogP contribution in [0.3, 0.4) is 0 Å². The number of esters is 1. The lowest BCUT2D eigenvalue weighted by Crippen LogP contribution is -2.34. The van der Waals surface area contributed by atoms with E-state index in [0.29, 0.717) is 28.0 Å². The Morgan fingerprint density at radius 2 is 1.81 bits per heavy atom. The quantitative estimate of drug-likeness (QED) is 0.154. The maximum absolute atomic E-state index is 12.5. The number of hydrazone groups is 1. The average molecular weight is 573 g/mol. The van der Waals surface area contributed by atoms with Crippen molar-refractivity contribution in [3.8, 4) is 11.5 Å². The molecule has 0 aliphatic carbocycles. The van der Waals surface area contributed by atoms with Gasteiger partial charge in [0.05, 0.1) is 30.0 Å². The van der Waals surface area contributed by atoms with Gasteiger partial charge in [-0.25, -0.2) is 10.2 Å². The molecule has 2 N–H and O–H groups in total. The molecule has 0 bridgehead atoms. The molecule has 0 saturated heterocycles. The highest BCUT2D eigenvalue weighted by Crippen LogP contribution is 2.24. The molecule has 0 heterocycles. The largest absolute Gasteiger partial charge is 0.494 e. The van der Waals surface area contributed by atoms with Crippen molar-refractivity contribution in [2.45, 2.75) is 13.3 Å². The fourth-order valence-electron chi connectivity index (χ4n) is 2.89. The molecule has 0 radical (unpaired) electrons. The molecule has 36 heavy (non-hydrogen) atoms. The standard InChI is InChI=1S/C26H23BrClN3O5/c1-2-13-35-20-10-7-17(8-11-20)25(33)29-16-24(32)31-30-15-18-14-19(27)9-12-23(18)36-26(34)21-5-3-4-6-22(21)28/h3-12,14-15H,2,13,16H2,1H3,(H,29,33)(H,31,32)/b30-15-. The summed E-state index contributed by atoms with van der Waals surface area (Å²) in [6, 6.07) is 18.1. The predicted molar refractivity (Wildman–Crippen MR) is 141 cm³/mol. The number of ether oxygens (including phenoxy) is 2. The number of rotatable bonds is 10. The van der Waals surface area contributed by atoms with E-state index >= 15 is 0 Å². The van der Waals surface area contributed by atoms with E-state index in [1.807, 2.05) is 6.92 Å². The summed E-state index contributed by atoms with van der Waals surface area (Å²) in [5.74, 6) is -0.677. The third-order valence-electron chi connectivity index (χ3n) is 4.66. The summed E-state index contributed by atoms with van der Waals surface area (Å²) in [5, 5.41) is 6.69. The number of nitrogens with one attached hydrogen (secondary N) is 2. The zero-order valence-electron chi connectivity index (χ0n) is 19.3. The van der Waals surface area contributed by atoms with Crippen LogP contribution in [0.25, 0.3) is 0 Å². The van der Waals surface area contributed by atoms with Crippen molar-refractivity contribution in [3.05, 3.63) is 92.9 Å². The molecule has 0 saturated carbocycles. The summed E-state index contributed by atoms with van der Waals surface area (Å²) in [6.07, 6.45) is 2.21. The van der Waals surface area contributed by atoms with Gasteiger partial charge < -0.3 is 14.8 Å². The number of nitrogens with zero attached hydrogens (tertiary/aromatic N) is 1. The lowest BCUT2D eigenvalue weighted by molar-refractivity contribution is -0.120. The first-order valence-electron chi connectivity index (χ1n) is 11.0. The first-order chi connectivity index (χ1) is 17.4. The Kier molecular flexibility index (Phi) is 10.0. The molecule has 3 aromatic carbocycles. The van der Waals surface area contributed by atoms with Gasteiger partial charge in [-0.3, -0.25) is 9.59 Å². The fraction of sp³-hybridized carbons (Fsp3) is 0.154. The second kappa shape index (κ2) is 13.4. The minimum atomic E-state index is -0.630. The second-order valence-electron chi connectivity index (χ2n) is 7.40. The normalized spacial score (nSPS) is 10.6. The SMILES string of the molecule is CCCOc1ccc(C(=O)NCC(=O)N/N=C\c2cc(Br)ccc2OC(=O)c2ccccc2Cl)cc1. The van der Waals surface area contributed by atoms with E-state index in [9.17, 15) is 14.4 Å². The molecule has 8 nitrogen and oxygen atoms in total. The van der Waals surface area contributed by atoms with E-state index in [0.717, 1.165) is 6.42 Å². The molecule has 0 atom stereocenters. The minimum Gasteiger partial charge on any atom is -0.494 e. The Labute approximate surface area is 221 Å². The van der Waals surface area contributed by atoms with Gasteiger partial charge in [0.2, 0.25) is 0 Å². The van der Waals surface area contributed by atoms with Gasteiger partial charge in [-0.1, -0.05) is 46.6 Å². The molecular formula is C26H23BrClN3O5. The lowest BCUT2D eigenvalue weighted by Gasteiger charge is -2.09. The third kappa shape index (κ3) is 7.93. The van der Waals surface area contributed by atoms with Crippen molar-refractivity contribution in [2.75, 3.05) is 13.2 Å². The summed E-state index contributed by atoms with van der Waals surface area (Å²) in [6.45, 7) is 2.32. The first-order valence-corrected chi connectivity index (χ1v) is 12.1. The number of halogens is 2. The Morgan fingerprint density at radius 3 is 2.53 bits per heavy atom. The van der Waals surface area contributed by atoms with Crippen molar-refractivity contribution in [2.24, 2.45) is 5.10 Å². The molecule has 0 fully saturated rings. The van der Waals surface area contributed by atoms with Crippen molar-refractivity contribution in [3.63, 3.8) is 0 Å². The van der Waals surface area contributed by atoms with E-state index in [1.54, 1.807) is 66.7 Å². The fourth-order valence-corrected chi connectivity index (χ4v) is 3.48. The average Bonchev–Trinajstić information content (AvgIpc) is 2.88. The predicted octanol–water partition coefficient (Wildman–Crippen LogP) is 4.99. The van der Waals surface area contributed by atoms with Crippen molar-refractivity contribution >= 4 is 51.5 Å². The Bertz CT molecular complexity index is 1260. The molecule has 2 amide bonds. The van der Waals surface area contributed by atoms with E-state index in [1.165, 1.54) is 6.21 Å². The van der Waals surface area contributed by atoms with E-state index in [2.05, 4.69) is 31.8 Å². The number of hydrogen-bond donors (Lipinski definition) is 2. The van der Waals surface area contributed by atoms with Gasteiger partial charge in [-0.15, -0.1) is 0 Å². The van der Waals surface area contributed by atoms with Crippen LogP contribution in [0, 0.1) is 0 Å². The topological polar surface area (TPSA) is 106 Å². The monoisotopic (exact) mass is 571 g/mol. The first kappa shape index (κ1) is 26.9. The van der Waals surface area contributed by atoms with Gasteiger partial charge in [-0.05, 0) is 61.0 Å². The molecule has 0 aromatic heterocycles. The third-order valence-corrected chi connectivity index (χ3v) is 5.48. The number of carbonyl (C=O) groups excluding carboxylic acids is 3. The number of carbonyl (C=O) groups is 3. The van der Waals surface area contributed by atoms with Gasteiger partial charge in [0.1, 0.15) is 11.5 Å². The number of benzene rings is 3.